The van der Waals surface area contributed by atoms with Gasteiger partial charge in [0.15, 0.2) is 0 Å². The van der Waals surface area contributed by atoms with Crippen molar-refractivity contribution in [2.45, 2.75) is 19.3 Å². The van der Waals surface area contributed by atoms with Crippen LogP contribution in [0.2, 0.25) is 0 Å². The topological polar surface area (TPSA) is 12.0 Å². The van der Waals surface area contributed by atoms with Crippen molar-refractivity contribution in [3.05, 3.63) is 71.4 Å². The predicted octanol–water partition coefficient (Wildman–Crippen LogP) is 5.14. The first-order valence-electron chi connectivity index (χ1n) is 7.64. The van der Waals surface area contributed by atoms with Gasteiger partial charge in [0.25, 0.3) is 0 Å². The Morgan fingerprint density at radius 2 is 1.95 bits per heavy atom. The molecule has 0 unspecified atom stereocenters. The maximum Gasteiger partial charge on any atom is 0.0982 e. The fourth-order valence-corrected chi connectivity index (χ4v) is 4.02. The summed E-state index contributed by atoms with van der Waals surface area (Å²) in [5.74, 6) is 0. The molecule has 0 atom stereocenters. The lowest BCUT2D eigenvalue weighted by Gasteiger charge is -2.23. The smallest absolute Gasteiger partial charge is 0.0982 e. The second kappa shape index (κ2) is 3.72. The molecule has 0 saturated heterocycles. The summed E-state index contributed by atoms with van der Waals surface area (Å²) >= 11 is 0. The van der Waals surface area contributed by atoms with Crippen molar-refractivity contribution in [3.63, 3.8) is 0 Å². The van der Waals surface area contributed by atoms with Gasteiger partial charge in [-0.3, -0.25) is 0 Å². The fraction of sp³-hybridized carbons (Fsp3) is 0.143. The largest absolute Gasteiger partial charge is 0.354 e. The highest BCUT2D eigenvalue weighted by Gasteiger charge is 2.37. The molecule has 0 spiro atoms. The summed E-state index contributed by atoms with van der Waals surface area (Å²) in [6.07, 6.45) is 4.20. The second-order valence-corrected chi connectivity index (χ2v) is 6.61. The third-order valence-corrected chi connectivity index (χ3v) is 5.09. The van der Waals surface area contributed by atoms with Crippen molar-refractivity contribution in [1.29, 1.82) is 0 Å². The van der Waals surface area contributed by atoms with Gasteiger partial charge in [0, 0.05) is 17.0 Å². The molecule has 22 heavy (non-hydrogen) atoms. The van der Waals surface area contributed by atoms with Gasteiger partial charge in [-0.25, -0.2) is 0 Å². The van der Waals surface area contributed by atoms with Gasteiger partial charge in [-0.05, 0) is 57.5 Å². The lowest BCUT2D eigenvalue weighted by Crippen LogP contribution is -2.15. The number of anilines is 1. The Labute approximate surface area is 130 Å². The van der Waals surface area contributed by atoms with Crippen LogP contribution in [0.25, 0.3) is 28.0 Å². The van der Waals surface area contributed by atoms with Crippen LogP contribution in [0, 0.1) is 12.1 Å². The molecule has 0 radical (unpaired) electrons. The van der Waals surface area contributed by atoms with Crippen molar-refractivity contribution >= 4 is 22.5 Å². The molecule has 1 heteroatoms. The number of rotatable bonds is 0. The Bertz CT molecular complexity index is 977. The van der Waals surface area contributed by atoms with E-state index in [0.29, 0.717) is 0 Å². The summed E-state index contributed by atoms with van der Waals surface area (Å²) in [4.78, 5) is 0. The Kier molecular flexibility index (Phi) is 2.01. The van der Waals surface area contributed by atoms with Gasteiger partial charge in [0.05, 0.1) is 5.69 Å². The van der Waals surface area contributed by atoms with E-state index in [0.717, 1.165) is 5.69 Å². The molecule has 0 bridgehead atoms. The number of nitrogens with one attached hydrogen (secondary N) is 1. The van der Waals surface area contributed by atoms with Gasteiger partial charge >= 0.3 is 0 Å². The highest BCUT2D eigenvalue weighted by atomic mass is 14.8. The number of hydrogen-bond acceptors (Lipinski definition) is 1. The minimum Gasteiger partial charge on any atom is -0.354 e. The van der Waals surface area contributed by atoms with Crippen molar-refractivity contribution in [1.82, 2.24) is 0 Å². The van der Waals surface area contributed by atoms with Crippen LogP contribution in [0.1, 0.15) is 30.5 Å². The molecule has 5 rings (SSSR count). The molecule has 1 aliphatic carbocycles. The van der Waals surface area contributed by atoms with E-state index in [2.05, 4.69) is 67.7 Å². The molecule has 0 saturated carbocycles. The van der Waals surface area contributed by atoms with Crippen LogP contribution in [-0.4, -0.2) is 0 Å². The van der Waals surface area contributed by atoms with Crippen LogP contribution < -0.4 is 5.32 Å². The quantitative estimate of drug-likeness (QED) is 0.601. The Morgan fingerprint density at radius 3 is 2.86 bits per heavy atom. The molecule has 0 aromatic heterocycles. The van der Waals surface area contributed by atoms with Crippen LogP contribution >= 0.6 is 0 Å². The van der Waals surface area contributed by atoms with E-state index >= 15 is 0 Å². The normalized spacial score (nSPS) is 15.9. The maximum atomic E-state index is 3.30. The summed E-state index contributed by atoms with van der Waals surface area (Å²) < 4.78 is 0. The molecular weight excluding hydrogens is 266 g/mol. The average molecular weight is 281 g/mol. The summed E-state index contributed by atoms with van der Waals surface area (Å²) in [6, 6.07) is 19.5. The molecule has 104 valence electrons. The van der Waals surface area contributed by atoms with E-state index in [1.165, 1.54) is 38.6 Å². The molecule has 1 N–H and O–H groups in total. The van der Waals surface area contributed by atoms with Gasteiger partial charge in [-0.15, -0.1) is 0 Å². The van der Waals surface area contributed by atoms with Crippen molar-refractivity contribution in [3.8, 4) is 11.1 Å². The van der Waals surface area contributed by atoms with Crippen molar-refractivity contribution in [2.75, 3.05) is 5.32 Å². The minimum atomic E-state index is 0.0368. The van der Waals surface area contributed by atoms with Crippen LogP contribution in [0.3, 0.4) is 0 Å². The highest BCUT2D eigenvalue weighted by molar-refractivity contribution is 6.08. The number of benzene rings is 2. The van der Waals surface area contributed by atoms with Gasteiger partial charge < -0.3 is 5.32 Å². The van der Waals surface area contributed by atoms with Gasteiger partial charge in [-0.2, -0.15) is 0 Å². The molecule has 0 amide bonds. The van der Waals surface area contributed by atoms with Crippen LogP contribution in [0.5, 0.6) is 0 Å². The van der Waals surface area contributed by atoms with E-state index in [4.69, 9.17) is 0 Å². The molecule has 2 aliphatic rings. The summed E-state index contributed by atoms with van der Waals surface area (Å²) in [5, 5.41) is 5.79. The highest BCUT2D eigenvalue weighted by Crippen LogP contribution is 2.52. The lowest BCUT2D eigenvalue weighted by atomic mass is 9.81. The standard InChI is InChI=1S/C21H15N/c1-21(2)16-8-4-3-7-14(16)20-15-10-11-22-18-9-5-6-13(19(15)18)12-17(20)21/h3-4,6-8,10-12,22H,1-2H3. The molecule has 1 nitrogen and oxygen atoms in total. The lowest BCUT2D eigenvalue weighted by molar-refractivity contribution is 0.661. The molecule has 3 aromatic rings. The minimum absolute atomic E-state index is 0.0368. The van der Waals surface area contributed by atoms with Gasteiger partial charge in [0.2, 0.25) is 0 Å². The first kappa shape index (κ1) is 11.9. The molecular formula is C21H15N. The second-order valence-electron chi connectivity index (χ2n) is 6.61. The first-order valence-corrected chi connectivity index (χ1v) is 7.64. The van der Waals surface area contributed by atoms with Crippen LogP contribution in [0.15, 0.2) is 42.6 Å². The monoisotopic (exact) mass is 281 g/mol. The molecule has 3 aromatic carbocycles. The first-order chi connectivity index (χ1) is 10.7. The SMILES string of the molecule is CC1(C)c2ccccc2-c2c1cc1cc#cc3c1c2C=CN3. The zero-order valence-electron chi connectivity index (χ0n) is 12.6. The number of hydrogen-bond donors (Lipinski definition) is 1. The zero-order chi connectivity index (χ0) is 14.9. The Morgan fingerprint density at radius 1 is 1.09 bits per heavy atom. The van der Waals surface area contributed by atoms with Crippen molar-refractivity contribution in [2.24, 2.45) is 0 Å². The summed E-state index contributed by atoms with van der Waals surface area (Å²) in [6.45, 7) is 4.64. The summed E-state index contributed by atoms with van der Waals surface area (Å²) in [7, 11) is 0. The zero-order valence-corrected chi connectivity index (χ0v) is 12.6. The van der Waals surface area contributed by atoms with E-state index in [-0.39, 0.29) is 5.41 Å². The van der Waals surface area contributed by atoms with Crippen LogP contribution in [0.4, 0.5) is 5.69 Å². The maximum absolute atomic E-state index is 3.30. The number of fused-ring (bicyclic) bond motifs is 4. The van der Waals surface area contributed by atoms with Gasteiger partial charge in [0.1, 0.15) is 0 Å². The average Bonchev–Trinajstić information content (AvgIpc) is 2.77. The third-order valence-electron chi connectivity index (χ3n) is 5.09. The molecule has 1 aliphatic heterocycles. The Balaban J connectivity index is 2.03. The van der Waals surface area contributed by atoms with Crippen molar-refractivity contribution < 1.29 is 0 Å². The third kappa shape index (κ3) is 1.26. The van der Waals surface area contributed by atoms with E-state index in [1.807, 2.05) is 12.3 Å². The fourth-order valence-electron chi connectivity index (χ4n) is 4.02. The predicted molar refractivity (Wildman–Crippen MR) is 91.8 cm³/mol. The molecule has 0 fully saturated rings. The van der Waals surface area contributed by atoms with E-state index in [1.54, 1.807) is 0 Å². The summed E-state index contributed by atoms with van der Waals surface area (Å²) in [5.41, 5.74) is 7.95. The Hall–Kier alpha value is -2.72. The van der Waals surface area contributed by atoms with Gasteiger partial charge in [-0.1, -0.05) is 44.2 Å². The molecule has 1 heterocycles. The van der Waals surface area contributed by atoms with Crippen LogP contribution in [-0.2, 0) is 5.41 Å². The van der Waals surface area contributed by atoms with E-state index in [9.17, 15) is 0 Å². The van der Waals surface area contributed by atoms with E-state index < -0.39 is 0 Å².